The predicted octanol–water partition coefficient (Wildman–Crippen LogP) is 0.944. The summed E-state index contributed by atoms with van der Waals surface area (Å²) in [5, 5.41) is 16.8. The van der Waals surface area contributed by atoms with Gasteiger partial charge in [-0.2, -0.15) is 5.26 Å². The van der Waals surface area contributed by atoms with Crippen LogP contribution < -0.4 is 0 Å². The van der Waals surface area contributed by atoms with E-state index in [9.17, 15) is 4.79 Å². The summed E-state index contributed by atoms with van der Waals surface area (Å²) in [5.41, 5.74) is 0. The van der Waals surface area contributed by atoms with Crippen LogP contribution in [0.4, 0.5) is 0 Å². The second-order valence-corrected chi connectivity index (χ2v) is 2.42. The van der Waals surface area contributed by atoms with Crippen molar-refractivity contribution in [3.05, 3.63) is 0 Å². The van der Waals surface area contributed by atoms with Crippen molar-refractivity contribution >= 4 is 5.97 Å². The highest BCUT2D eigenvalue weighted by atomic mass is 17.1. The number of carbonyl (C=O) groups excluding carboxylic acids is 1. The zero-order valence-corrected chi connectivity index (χ0v) is 6.62. The van der Waals surface area contributed by atoms with Gasteiger partial charge in [-0.05, 0) is 6.42 Å². The molecule has 0 aliphatic heterocycles. The SMILES string of the molecule is CCCCCC(O)C(=O)OO. The Hall–Kier alpha value is -0.610. The molecule has 0 fully saturated rings. The maximum Gasteiger partial charge on any atom is 0.370 e. The van der Waals surface area contributed by atoms with E-state index in [1.54, 1.807) is 0 Å². The highest BCUT2D eigenvalue weighted by Gasteiger charge is 2.15. The highest BCUT2D eigenvalue weighted by Crippen LogP contribution is 2.03. The zero-order chi connectivity index (χ0) is 8.69. The summed E-state index contributed by atoms with van der Waals surface area (Å²) in [6, 6.07) is 0. The van der Waals surface area contributed by atoms with E-state index >= 15 is 0 Å². The van der Waals surface area contributed by atoms with Crippen molar-refractivity contribution in [3.8, 4) is 0 Å². The van der Waals surface area contributed by atoms with Crippen LogP contribution in [0.2, 0.25) is 0 Å². The van der Waals surface area contributed by atoms with Gasteiger partial charge in [-0.1, -0.05) is 26.2 Å². The molecule has 0 aromatic heterocycles. The first-order valence-electron chi connectivity index (χ1n) is 3.75. The lowest BCUT2D eigenvalue weighted by Gasteiger charge is -2.04. The molecule has 1 atom stereocenters. The van der Waals surface area contributed by atoms with E-state index in [0.29, 0.717) is 6.42 Å². The summed E-state index contributed by atoms with van der Waals surface area (Å²) in [6.07, 6.45) is 1.95. The molecule has 0 saturated carbocycles. The zero-order valence-electron chi connectivity index (χ0n) is 6.62. The van der Waals surface area contributed by atoms with Gasteiger partial charge in [0.05, 0.1) is 0 Å². The topological polar surface area (TPSA) is 66.8 Å². The second-order valence-electron chi connectivity index (χ2n) is 2.42. The number of hydrogen-bond acceptors (Lipinski definition) is 4. The monoisotopic (exact) mass is 162 g/mol. The summed E-state index contributed by atoms with van der Waals surface area (Å²) >= 11 is 0. The number of hydrogen-bond donors (Lipinski definition) is 2. The van der Waals surface area contributed by atoms with Crippen LogP contribution in [-0.2, 0) is 9.68 Å². The quantitative estimate of drug-likeness (QED) is 0.358. The first-order chi connectivity index (χ1) is 5.22. The lowest BCUT2D eigenvalue weighted by molar-refractivity contribution is -0.242. The molecule has 0 saturated heterocycles. The maximum atomic E-state index is 10.4. The molecule has 0 aromatic carbocycles. The fourth-order valence-corrected chi connectivity index (χ4v) is 0.766. The normalized spacial score (nSPS) is 12.6. The van der Waals surface area contributed by atoms with Crippen LogP contribution in [0.1, 0.15) is 32.6 Å². The van der Waals surface area contributed by atoms with Crippen LogP contribution in [0.25, 0.3) is 0 Å². The highest BCUT2D eigenvalue weighted by molar-refractivity contribution is 5.73. The molecule has 0 amide bonds. The molecule has 2 N–H and O–H groups in total. The molecule has 0 aliphatic rings. The molecule has 0 aliphatic carbocycles. The lowest BCUT2D eigenvalue weighted by Crippen LogP contribution is -2.21. The second kappa shape index (κ2) is 6.12. The van der Waals surface area contributed by atoms with Crippen LogP contribution in [-0.4, -0.2) is 22.4 Å². The minimum Gasteiger partial charge on any atom is -0.381 e. The fraction of sp³-hybridized carbons (Fsp3) is 0.857. The number of aliphatic hydroxyl groups excluding tert-OH is 1. The maximum absolute atomic E-state index is 10.4. The fourth-order valence-electron chi connectivity index (χ4n) is 0.766. The van der Waals surface area contributed by atoms with E-state index in [-0.39, 0.29) is 0 Å². The Kier molecular flexibility index (Phi) is 5.78. The van der Waals surface area contributed by atoms with E-state index in [4.69, 9.17) is 10.4 Å². The van der Waals surface area contributed by atoms with E-state index < -0.39 is 12.1 Å². The Balaban J connectivity index is 3.36. The van der Waals surface area contributed by atoms with Crippen molar-refractivity contribution in [2.45, 2.75) is 38.7 Å². The smallest absolute Gasteiger partial charge is 0.370 e. The van der Waals surface area contributed by atoms with Gasteiger partial charge in [-0.15, -0.1) is 0 Å². The Labute approximate surface area is 65.7 Å². The van der Waals surface area contributed by atoms with Crippen LogP contribution in [0.5, 0.6) is 0 Å². The van der Waals surface area contributed by atoms with E-state index in [1.807, 2.05) is 6.92 Å². The van der Waals surface area contributed by atoms with Crippen LogP contribution in [0.15, 0.2) is 0 Å². The van der Waals surface area contributed by atoms with E-state index in [0.717, 1.165) is 19.3 Å². The Morgan fingerprint density at radius 3 is 2.64 bits per heavy atom. The van der Waals surface area contributed by atoms with Crippen molar-refractivity contribution in [2.75, 3.05) is 0 Å². The van der Waals surface area contributed by atoms with Gasteiger partial charge in [0.1, 0.15) is 0 Å². The summed E-state index contributed by atoms with van der Waals surface area (Å²) < 4.78 is 0. The number of aliphatic hydroxyl groups is 1. The van der Waals surface area contributed by atoms with Crippen LogP contribution in [0, 0.1) is 0 Å². The molecule has 11 heavy (non-hydrogen) atoms. The van der Waals surface area contributed by atoms with Gasteiger partial charge in [0.15, 0.2) is 6.10 Å². The Morgan fingerprint density at radius 1 is 1.55 bits per heavy atom. The Morgan fingerprint density at radius 2 is 2.18 bits per heavy atom. The molecule has 0 bridgehead atoms. The molecule has 0 radical (unpaired) electrons. The molecule has 0 heterocycles. The van der Waals surface area contributed by atoms with Gasteiger partial charge in [-0.25, -0.2) is 4.79 Å². The summed E-state index contributed by atoms with van der Waals surface area (Å²) in [6.45, 7) is 2.02. The van der Waals surface area contributed by atoms with E-state index in [1.165, 1.54) is 0 Å². The van der Waals surface area contributed by atoms with Crippen molar-refractivity contribution < 1.29 is 20.0 Å². The third kappa shape index (κ3) is 4.75. The summed E-state index contributed by atoms with van der Waals surface area (Å²) in [7, 11) is 0. The lowest BCUT2D eigenvalue weighted by atomic mass is 10.1. The number of rotatable bonds is 5. The minimum absolute atomic E-state index is 0.354. The molecule has 66 valence electrons. The van der Waals surface area contributed by atoms with Gasteiger partial charge in [0, 0.05) is 0 Å². The predicted molar refractivity (Wildman–Crippen MR) is 38.9 cm³/mol. The van der Waals surface area contributed by atoms with Crippen molar-refractivity contribution in [3.63, 3.8) is 0 Å². The molecular formula is C7H14O4. The molecule has 4 heteroatoms. The average molecular weight is 162 g/mol. The first kappa shape index (κ1) is 10.4. The molecule has 4 nitrogen and oxygen atoms in total. The van der Waals surface area contributed by atoms with Crippen molar-refractivity contribution in [1.82, 2.24) is 0 Å². The summed E-state index contributed by atoms with van der Waals surface area (Å²) in [5.74, 6) is -0.971. The van der Waals surface area contributed by atoms with Crippen molar-refractivity contribution in [2.24, 2.45) is 0 Å². The molecule has 1 unspecified atom stereocenters. The van der Waals surface area contributed by atoms with Crippen LogP contribution >= 0.6 is 0 Å². The van der Waals surface area contributed by atoms with Gasteiger partial charge >= 0.3 is 5.97 Å². The van der Waals surface area contributed by atoms with E-state index in [2.05, 4.69) is 4.89 Å². The van der Waals surface area contributed by atoms with Gasteiger partial charge in [-0.3, -0.25) is 4.89 Å². The third-order valence-corrected chi connectivity index (χ3v) is 1.44. The standard InChI is InChI=1S/C7H14O4/c1-2-3-4-5-6(8)7(9)11-10/h6,8,10H,2-5H2,1H3. The average Bonchev–Trinajstić information content (AvgIpc) is 2.03. The number of unbranched alkanes of at least 4 members (excludes halogenated alkanes) is 2. The molecular weight excluding hydrogens is 148 g/mol. The van der Waals surface area contributed by atoms with Crippen LogP contribution in [0.3, 0.4) is 0 Å². The molecule has 0 spiro atoms. The van der Waals surface area contributed by atoms with Gasteiger partial charge < -0.3 is 5.11 Å². The van der Waals surface area contributed by atoms with Gasteiger partial charge in [0.2, 0.25) is 0 Å². The number of carbonyl (C=O) groups is 1. The van der Waals surface area contributed by atoms with Crippen molar-refractivity contribution in [1.29, 1.82) is 0 Å². The third-order valence-electron chi connectivity index (χ3n) is 1.44. The largest absolute Gasteiger partial charge is 0.381 e. The first-order valence-corrected chi connectivity index (χ1v) is 3.75. The minimum atomic E-state index is -1.17. The molecule has 0 aromatic rings. The van der Waals surface area contributed by atoms with Gasteiger partial charge in [0.25, 0.3) is 0 Å². The Bertz CT molecular complexity index is 113. The summed E-state index contributed by atoms with van der Waals surface area (Å²) in [4.78, 5) is 13.7. The molecule has 0 rings (SSSR count).